The summed E-state index contributed by atoms with van der Waals surface area (Å²) in [4.78, 5) is 12.7. The van der Waals surface area contributed by atoms with Crippen LogP contribution in [-0.4, -0.2) is 26.3 Å². The number of aromatic nitrogens is 3. The van der Waals surface area contributed by atoms with Crippen molar-refractivity contribution in [2.24, 2.45) is 0 Å². The monoisotopic (exact) mass is 403 g/mol. The van der Waals surface area contributed by atoms with E-state index in [1.165, 1.54) is 11.8 Å². The maximum atomic E-state index is 12.7. The first-order chi connectivity index (χ1) is 14.1. The molecule has 0 aliphatic heterocycles. The van der Waals surface area contributed by atoms with Crippen LogP contribution in [0.15, 0.2) is 76.5 Å². The van der Waals surface area contributed by atoms with Gasteiger partial charge in [0.1, 0.15) is 5.76 Å². The molecule has 4 rings (SSSR count). The number of rotatable bonds is 7. The molecule has 2 aromatic carbocycles. The molecule has 0 saturated heterocycles. The number of carbonyl (C=O) groups is 1. The van der Waals surface area contributed by atoms with E-state index < -0.39 is 0 Å². The van der Waals surface area contributed by atoms with Gasteiger partial charge in [0.05, 0.1) is 18.6 Å². The number of benzene rings is 2. The van der Waals surface area contributed by atoms with Gasteiger partial charge in [-0.25, -0.2) is 0 Å². The second-order valence-corrected chi connectivity index (χ2v) is 7.76. The first kappa shape index (κ1) is 19.2. The molecule has 0 saturated carbocycles. The highest BCUT2D eigenvalue weighted by atomic mass is 32.2. The van der Waals surface area contributed by atoms with Gasteiger partial charge in [-0.1, -0.05) is 60.3 Å². The summed E-state index contributed by atoms with van der Waals surface area (Å²) in [6, 6.07) is 19.5. The number of nitrogens with zero attached hydrogens (tertiary/aromatic N) is 3. The van der Waals surface area contributed by atoms with E-state index in [2.05, 4.69) is 23.2 Å². The summed E-state index contributed by atoms with van der Waals surface area (Å²) >= 11 is 1.40. The van der Waals surface area contributed by atoms with Crippen LogP contribution < -0.4 is 0 Å². The van der Waals surface area contributed by atoms with Crippen LogP contribution in [0, 0.1) is 13.8 Å². The minimum atomic E-state index is 0.0816. The van der Waals surface area contributed by atoms with Crippen molar-refractivity contribution in [3.8, 4) is 11.4 Å². The van der Waals surface area contributed by atoms with Gasteiger partial charge in [0.25, 0.3) is 0 Å². The third-order valence-corrected chi connectivity index (χ3v) is 5.74. The van der Waals surface area contributed by atoms with Crippen LogP contribution >= 0.6 is 11.8 Å². The Hall–Kier alpha value is -3.12. The topological polar surface area (TPSA) is 60.9 Å². The van der Waals surface area contributed by atoms with Crippen LogP contribution in [0.3, 0.4) is 0 Å². The highest BCUT2D eigenvalue weighted by Crippen LogP contribution is 2.28. The number of furan rings is 1. The van der Waals surface area contributed by atoms with Gasteiger partial charge >= 0.3 is 0 Å². The average Bonchev–Trinajstić information content (AvgIpc) is 3.37. The molecule has 0 atom stereocenters. The van der Waals surface area contributed by atoms with Crippen LogP contribution in [0.5, 0.6) is 0 Å². The Balaban J connectivity index is 1.64. The molecule has 0 radical (unpaired) electrons. The molecule has 2 heterocycles. The van der Waals surface area contributed by atoms with E-state index in [0.29, 0.717) is 17.5 Å². The van der Waals surface area contributed by atoms with Crippen LogP contribution in [0.1, 0.15) is 27.2 Å². The maximum Gasteiger partial charge on any atom is 0.192 e. The third kappa shape index (κ3) is 4.17. The first-order valence-corrected chi connectivity index (χ1v) is 10.4. The van der Waals surface area contributed by atoms with Gasteiger partial charge in [-0.2, -0.15) is 0 Å². The molecule has 5 nitrogen and oxygen atoms in total. The van der Waals surface area contributed by atoms with E-state index in [1.807, 2.05) is 66.1 Å². The van der Waals surface area contributed by atoms with Crippen LogP contribution in [0.25, 0.3) is 11.4 Å². The van der Waals surface area contributed by atoms with E-state index in [1.54, 1.807) is 6.26 Å². The molecule has 0 aliphatic carbocycles. The highest BCUT2D eigenvalue weighted by Gasteiger charge is 2.18. The molecule has 0 amide bonds. The zero-order chi connectivity index (χ0) is 20.2. The maximum absolute atomic E-state index is 12.7. The fourth-order valence-corrected chi connectivity index (χ4v) is 4.03. The van der Waals surface area contributed by atoms with Crippen molar-refractivity contribution in [1.29, 1.82) is 0 Å². The third-order valence-electron chi connectivity index (χ3n) is 4.77. The van der Waals surface area contributed by atoms with Crippen LogP contribution in [0.4, 0.5) is 0 Å². The molecule has 0 unspecified atom stereocenters. The number of thioether (sulfide) groups is 1. The van der Waals surface area contributed by atoms with Crippen LogP contribution in [-0.2, 0) is 6.54 Å². The van der Waals surface area contributed by atoms with E-state index >= 15 is 0 Å². The van der Waals surface area contributed by atoms with Gasteiger partial charge in [0, 0.05) is 11.1 Å². The summed E-state index contributed by atoms with van der Waals surface area (Å²) in [7, 11) is 0. The number of Topliss-reactive ketones (excluding diaryl/α,β-unsaturated/α-hetero) is 1. The minimum absolute atomic E-state index is 0.0816. The Kier molecular flexibility index (Phi) is 5.62. The lowest BCUT2D eigenvalue weighted by molar-refractivity contribution is 0.102. The zero-order valence-corrected chi connectivity index (χ0v) is 17.1. The van der Waals surface area contributed by atoms with Gasteiger partial charge in [-0.3, -0.25) is 9.36 Å². The van der Waals surface area contributed by atoms with Crippen molar-refractivity contribution >= 4 is 17.5 Å². The van der Waals surface area contributed by atoms with Crippen molar-refractivity contribution in [3.05, 3.63) is 89.4 Å². The Morgan fingerprint density at radius 1 is 0.966 bits per heavy atom. The summed E-state index contributed by atoms with van der Waals surface area (Å²) in [5, 5.41) is 9.52. The smallest absolute Gasteiger partial charge is 0.192 e. The summed E-state index contributed by atoms with van der Waals surface area (Å²) in [5.41, 5.74) is 3.86. The summed E-state index contributed by atoms with van der Waals surface area (Å²) < 4.78 is 7.55. The fraction of sp³-hybridized carbons (Fsp3) is 0.174. The molecule has 29 heavy (non-hydrogen) atoms. The van der Waals surface area contributed by atoms with E-state index in [4.69, 9.17) is 4.42 Å². The number of carbonyl (C=O) groups excluding carboxylic acids is 1. The predicted octanol–water partition coefficient (Wildman–Crippen LogP) is 5.18. The minimum Gasteiger partial charge on any atom is -0.467 e. The number of hydrogen-bond donors (Lipinski definition) is 0. The summed E-state index contributed by atoms with van der Waals surface area (Å²) in [6.07, 6.45) is 1.65. The lowest BCUT2D eigenvalue weighted by atomic mass is 10.1. The van der Waals surface area contributed by atoms with Crippen molar-refractivity contribution < 1.29 is 9.21 Å². The molecule has 6 heteroatoms. The highest BCUT2D eigenvalue weighted by molar-refractivity contribution is 7.99. The van der Waals surface area contributed by atoms with Crippen molar-refractivity contribution in [2.75, 3.05) is 5.75 Å². The molecule has 4 aromatic rings. The number of ketones is 1. The van der Waals surface area contributed by atoms with Crippen molar-refractivity contribution in [1.82, 2.24) is 14.8 Å². The Morgan fingerprint density at radius 3 is 2.45 bits per heavy atom. The standard InChI is InChI=1S/C23H21N3O2S/c1-16-8-3-5-11-19(16)21(27)15-29-23-25-24-22(20-12-6-4-9-17(20)2)26(23)14-18-10-7-13-28-18/h3-13H,14-15H2,1-2H3. The first-order valence-electron chi connectivity index (χ1n) is 9.36. The molecule has 0 aliphatic rings. The molecular weight excluding hydrogens is 382 g/mol. The summed E-state index contributed by atoms with van der Waals surface area (Å²) in [5.74, 6) is 1.96. The van der Waals surface area contributed by atoms with Gasteiger partial charge in [0.2, 0.25) is 0 Å². The average molecular weight is 404 g/mol. The Labute approximate surface area is 173 Å². The fourth-order valence-electron chi connectivity index (χ4n) is 3.21. The molecule has 146 valence electrons. The second-order valence-electron chi connectivity index (χ2n) is 6.81. The molecular formula is C23H21N3O2S. The molecule has 0 N–H and O–H groups in total. The SMILES string of the molecule is Cc1ccccc1C(=O)CSc1nnc(-c2ccccc2C)n1Cc1ccco1. The number of hydrogen-bond acceptors (Lipinski definition) is 5. The number of aryl methyl sites for hydroxylation is 2. The van der Waals surface area contributed by atoms with Crippen LogP contribution in [0.2, 0.25) is 0 Å². The normalized spacial score (nSPS) is 11.0. The van der Waals surface area contributed by atoms with Gasteiger partial charge in [-0.05, 0) is 37.1 Å². The zero-order valence-electron chi connectivity index (χ0n) is 16.3. The van der Waals surface area contributed by atoms with Gasteiger partial charge < -0.3 is 4.42 Å². The van der Waals surface area contributed by atoms with Crippen molar-refractivity contribution in [3.63, 3.8) is 0 Å². The quantitative estimate of drug-likeness (QED) is 0.314. The van der Waals surface area contributed by atoms with E-state index in [9.17, 15) is 4.79 Å². The lowest BCUT2D eigenvalue weighted by Crippen LogP contribution is -2.08. The van der Waals surface area contributed by atoms with E-state index in [0.717, 1.165) is 33.8 Å². The van der Waals surface area contributed by atoms with Gasteiger partial charge in [-0.15, -0.1) is 10.2 Å². The van der Waals surface area contributed by atoms with Crippen molar-refractivity contribution in [2.45, 2.75) is 25.5 Å². The Bertz CT molecular complexity index is 1130. The summed E-state index contributed by atoms with van der Waals surface area (Å²) in [6.45, 7) is 4.51. The molecule has 0 bridgehead atoms. The molecule has 2 aromatic heterocycles. The molecule has 0 fully saturated rings. The lowest BCUT2D eigenvalue weighted by Gasteiger charge is -2.10. The van der Waals surface area contributed by atoms with E-state index in [-0.39, 0.29) is 5.78 Å². The van der Waals surface area contributed by atoms with Gasteiger partial charge in [0.15, 0.2) is 16.8 Å². The molecule has 0 spiro atoms. The Morgan fingerprint density at radius 2 is 1.72 bits per heavy atom. The largest absolute Gasteiger partial charge is 0.467 e. The second kappa shape index (κ2) is 8.49. The predicted molar refractivity (Wildman–Crippen MR) is 114 cm³/mol.